The second-order valence-corrected chi connectivity index (χ2v) is 4.00. The number of carboxylic acids is 1. The molecule has 6 heteroatoms. The molecule has 2 heterocycles. The molecule has 0 bridgehead atoms. The van der Waals surface area contributed by atoms with Gasteiger partial charge in [0.05, 0.1) is 11.8 Å². The molecule has 2 aromatic heterocycles. The van der Waals surface area contributed by atoms with Crippen LogP contribution < -0.4 is 4.74 Å². The molecule has 0 unspecified atom stereocenters. The average Bonchev–Trinajstić information content (AvgIpc) is 2.48. The van der Waals surface area contributed by atoms with E-state index in [9.17, 15) is 4.79 Å². The van der Waals surface area contributed by atoms with Crippen LogP contribution in [0.1, 0.15) is 10.4 Å². The van der Waals surface area contributed by atoms with Crippen LogP contribution in [-0.4, -0.2) is 26.0 Å². The minimum Gasteiger partial charge on any atom is -0.478 e. The first kappa shape index (κ1) is 12.0. The van der Waals surface area contributed by atoms with E-state index in [1.807, 2.05) is 0 Å². The van der Waals surface area contributed by atoms with Crippen LogP contribution in [0.3, 0.4) is 0 Å². The van der Waals surface area contributed by atoms with Crippen molar-refractivity contribution in [2.45, 2.75) is 0 Å². The highest BCUT2D eigenvalue weighted by Crippen LogP contribution is 2.28. The van der Waals surface area contributed by atoms with Crippen molar-refractivity contribution in [3.8, 4) is 11.6 Å². The molecule has 0 spiro atoms. The average molecular weight is 267 g/mol. The van der Waals surface area contributed by atoms with Crippen molar-refractivity contribution in [3.63, 3.8) is 0 Å². The Bertz CT molecular complexity index is 775. The summed E-state index contributed by atoms with van der Waals surface area (Å²) in [4.78, 5) is 23.2. The predicted molar refractivity (Wildman–Crippen MR) is 70.8 cm³/mol. The van der Waals surface area contributed by atoms with Crippen LogP contribution >= 0.6 is 0 Å². The molecule has 1 N–H and O–H groups in total. The number of fused-ring (bicyclic) bond motifs is 1. The lowest BCUT2D eigenvalue weighted by Gasteiger charge is -2.08. The number of aromatic nitrogens is 3. The maximum atomic E-state index is 11.1. The number of pyridine rings is 1. The summed E-state index contributed by atoms with van der Waals surface area (Å²) in [6.07, 6.45) is 6.08. The van der Waals surface area contributed by atoms with Gasteiger partial charge in [-0.1, -0.05) is 6.07 Å². The maximum absolute atomic E-state index is 11.1. The van der Waals surface area contributed by atoms with Crippen molar-refractivity contribution in [2.24, 2.45) is 0 Å². The number of carbonyl (C=O) groups is 1. The highest BCUT2D eigenvalue weighted by molar-refractivity contribution is 5.96. The van der Waals surface area contributed by atoms with Gasteiger partial charge in [-0.05, 0) is 18.2 Å². The lowest BCUT2D eigenvalue weighted by Crippen LogP contribution is -1.98. The van der Waals surface area contributed by atoms with Crippen LogP contribution in [0.2, 0.25) is 0 Å². The molecule has 0 atom stereocenters. The number of hydrogen-bond donors (Lipinski definition) is 1. The molecule has 6 nitrogen and oxygen atoms in total. The highest BCUT2D eigenvalue weighted by Gasteiger charge is 2.12. The summed E-state index contributed by atoms with van der Waals surface area (Å²) in [6, 6.07) is 6.49. The first-order valence-corrected chi connectivity index (χ1v) is 5.80. The van der Waals surface area contributed by atoms with Crippen molar-refractivity contribution in [1.29, 1.82) is 0 Å². The van der Waals surface area contributed by atoms with E-state index in [0.717, 1.165) is 0 Å². The van der Waals surface area contributed by atoms with E-state index in [1.54, 1.807) is 24.4 Å². The van der Waals surface area contributed by atoms with Crippen LogP contribution in [0.4, 0.5) is 0 Å². The van der Waals surface area contributed by atoms with E-state index in [2.05, 4.69) is 15.0 Å². The summed E-state index contributed by atoms with van der Waals surface area (Å²) in [5.41, 5.74) is 0.701. The first-order chi connectivity index (χ1) is 9.74. The second kappa shape index (κ2) is 4.93. The molecule has 0 radical (unpaired) electrons. The Hall–Kier alpha value is -3.02. The Balaban J connectivity index is 2.15. The summed E-state index contributed by atoms with van der Waals surface area (Å²) in [5, 5.41) is 9.82. The van der Waals surface area contributed by atoms with Crippen molar-refractivity contribution >= 4 is 16.9 Å². The zero-order valence-electron chi connectivity index (χ0n) is 10.2. The van der Waals surface area contributed by atoms with Gasteiger partial charge in [-0.3, -0.25) is 9.97 Å². The fourth-order valence-corrected chi connectivity index (χ4v) is 1.81. The molecule has 3 rings (SSSR count). The van der Waals surface area contributed by atoms with Gasteiger partial charge in [-0.25, -0.2) is 9.78 Å². The Morgan fingerprint density at radius 1 is 1.15 bits per heavy atom. The third kappa shape index (κ3) is 2.26. The van der Waals surface area contributed by atoms with Crippen LogP contribution in [0.15, 0.2) is 49.1 Å². The molecule has 0 saturated heterocycles. The fourth-order valence-electron chi connectivity index (χ4n) is 1.81. The van der Waals surface area contributed by atoms with Gasteiger partial charge in [0.1, 0.15) is 5.52 Å². The zero-order chi connectivity index (χ0) is 13.9. The quantitative estimate of drug-likeness (QED) is 0.784. The van der Waals surface area contributed by atoms with Crippen molar-refractivity contribution in [2.75, 3.05) is 0 Å². The van der Waals surface area contributed by atoms with Crippen molar-refractivity contribution in [1.82, 2.24) is 15.0 Å². The molecule has 98 valence electrons. The van der Waals surface area contributed by atoms with Gasteiger partial charge in [-0.2, -0.15) is 0 Å². The number of hydrogen-bond acceptors (Lipinski definition) is 5. The number of ether oxygens (including phenoxy) is 1. The Morgan fingerprint density at radius 3 is 2.80 bits per heavy atom. The Labute approximate surface area is 113 Å². The summed E-state index contributed by atoms with van der Waals surface area (Å²) in [5.74, 6) is -0.414. The number of benzene rings is 1. The third-order valence-electron chi connectivity index (χ3n) is 2.67. The number of rotatable bonds is 3. The van der Waals surface area contributed by atoms with E-state index in [-0.39, 0.29) is 11.4 Å². The van der Waals surface area contributed by atoms with Crippen LogP contribution in [0.25, 0.3) is 10.9 Å². The van der Waals surface area contributed by atoms with Gasteiger partial charge in [0.15, 0.2) is 5.75 Å². The molecule has 0 fully saturated rings. The van der Waals surface area contributed by atoms with E-state index in [1.165, 1.54) is 24.7 Å². The largest absolute Gasteiger partial charge is 0.478 e. The molecule has 0 aliphatic heterocycles. The predicted octanol–water partition coefficient (Wildman–Crippen LogP) is 2.52. The Morgan fingerprint density at radius 2 is 2.05 bits per heavy atom. The van der Waals surface area contributed by atoms with E-state index in [0.29, 0.717) is 16.7 Å². The molecule has 0 aliphatic rings. The van der Waals surface area contributed by atoms with E-state index >= 15 is 0 Å². The molecular weight excluding hydrogens is 258 g/mol. The smallest absolute Gasteiger partial charge is 0.335 e. The second-order valence-electron chi connectivity index (χ2n) is 4.00. The highest BCUT2D eigenvalue weighted by atomic mass is 16.5. The lowest BCUT2D eigenvalue weighted by molar-refractivity contribution is 0.0696. The minimum atomic E-state index is -1.03. The normalized spacial score (nSPS) is 10.4. The Kier molecular flexibility index (Phi) is 2.96. The lowest BCUT2D eigenvalue weighted by atomic mass is 10.1. The van der Waals surface area contributed by atoms with Crippen molar-refractivity contribution < 1.29 is 14.6 Å². The standard InChI is InChI=1S/C14H9N3O3/c18-14(19)10-6-9-2-1-3-17-13(9)11(7-10)20-12-8-15-4-5-16-12/h1-8H,(H,18,19). The summed E-state index contributed by atoms with van der Waals surface area (Å²) in [7, 11) is 0. The third-order valence-corrected chi connectivity index (χ3v) is 2.67. The zero-order valence-corrected chi connectivity index (χ0v) is 10.2. The molecule has 3 aromatic rings. The molecule has 0 saturated carbocycles. The van der Waals surface area contributed by atoms with Crippen LogP contribution in [0.5, 0.6) is 11.6 Å². The van der Waals surface area contributed by atoms with E-state index < -0.39 is 5.97 Å². The summed E-state index contributed by atoms with van der Waals surface area (Å²) < 4.78 is 5.58. The molecule has 1 aromatic carbocycles. The topological polar surface area (TPSA) is 85.2 Å². The van der Waals surface area contributed by atoms with Gasteiger partial charge < -0.3 is 9.84 Å². The van der Waals surface area contributed by atoms with Crippen molar-refractivity contribution in [3.05, 3.63) is 54.6 Å². The minimum absolute atomic E-state index is 0.129. The number of aromatic carboxylic acids is 1. The van der Waals surface area contributed by atoms with Gasteiger partial charge in [0.2, 0.25) is 5.88 Å². The SMILES string of the molecule is O=C(O)c1cc(Oc2cnccn2)c2ncccc2c1. The van der Waals surface area contributed by atoms with Gasteiger partial charge in [0, 0.05) is 24.0 Å². The summed E-state index contributed by atoms with van der Waals surface area (Å²) in [6.45, 7) is 0. The first-order valence-electron chi connectivity index (χ1n) is 5.80. The summed E-state index contributed by atoms with van der Waals surface area (Å²) >= 11 is 0. The molecule has 0 aliphatic carbocycles. The van der Waals surface area contributed by atoms with Crippen LogP contribution in [-0.2, 0) is 0 Å². The monoisotopic (exact) mass is 267 g/mol. The van der Waals surface area contributed by atoms with Gasteiger partial charge >= 0.3 is 5.97 Å². The number of carboxylic acid groups (broad SMARTS) is 1. The molecule has 0 amide bonds. The maximum Gasteiger partial charge on any atom is 0.335 e. The molecule has 20 heavy (non-hydrogen) atoms. The fraction of sp³-hybridized carbons (Fsp3) is 0. The number of nitrogens with zero attached hydrogens (tertiary/aromatic N) is 3. The molecular formula is C14H9N3O3. The van der Waals surface area contributed by atoms with E-state index in [4.69, 9.17) is 9.84 Å². The van der Waals surface area contributed by atoms with Gasteiger partial charge in [0.25, 0.3) is 0 Å². The van der Waals surface area contributed by atoms with Crippen LogP contribution in [0, 0.1) is 0 Å². The van der Waals surface area contributed by atoms with Gasteiger partial charge in [-0.15, -0.1) is 0 Å².